The van der Waals surface area contributed by atoms with Gasteiger partial charge < -0.3 is 18.8 Å². The van der Waals surface area contributed by atoms with E-state index in [1.165, 1.54) is 4.90 Å². The zero-order chi connectivity index (χ0) is 24.7. The Morgan fingerprint density at radius 1 is 1.06 bits per heavy atom. The Balaban J connectivity index is 1.52. The molecule has 0 radical (unpaired) electrons. The number of nitrogens with zero attached hydrogens (tertiary/aromatic N) is 2. The van der Waals surface area contributed by atoms with E-state index in [4.69, 9.17) is 26.4 Å². The molecule has 1 fully saturated rings. The largest absolute Gasteiger partial charge is 0.494 e. The van der Waals surface area contributed by atoms with Gasteiger partial charge in [0.15, 0.2) is 16.6 Å². The molecule has 1 N–H and O–H groups in total. The topological polar surface area (TPSA) is 82.0 Å². The third-order valence-electron chi connectivity index (χ3n) is 5.87. The number of amides is 2. The van der Waals surface area contributed by atoms with E-state index < -0.39 is 11.8 Å². The lowest BCUT2D eigenvalue weighted by atomic mass is 10.1. The number of nitrogens with one attached hydrogen (secondary N) is 1. The molecule has 8 nitrogen and oxygen atoms in total. The van der Waals surface area contributed by atoms with Crippen molar-refractivity contribution < 1.29 is 23.8 Å². The van der Waals surface area contributed by atoms with Crippen LogP contribution >= 0.6 is 12.2 Å². The molecular weight excluding hydrogens is 466 g/mol. The van der Waals surface area contributed by atoms with Crippen molar-refractivity contribution in [3.8, 4) is 22.9 Å². The predicted octanol–water partition coefficient (Wildman–Crippen LogP) is 4.05. The van der Waals surface area contributed by atoms with Crippen LogP contribution in [0.5, 0.6) is 17.2 Å². The molecule has 2 aromatic carbocycles. The lowest BCUT2D eigenvalue weighted by molar-refractivity contribution is -0.122. The molecule has 35 heavy (non-hydrogen) atoms. The number of aromatic nitrogens is 1. The zero-order valence-corrected chi connectivity index (χ0v) is 20.3. The maximum Gasteiger partial charge on any atom is 0.270 e. The summed E-state index contributed by atoms with van der Waals surface area (Å²) in [6.07, 6.45) is 1.60. The number of anilines is 1. The Labute approximate surface area is 207 Å². The number of fused-ring (bicyclic) bond motifs is 1. The first-order chi connectivity index (χ1) is 16.9. The molecule has 1 aromatic heterocycles. The van der Waals surface area contributed by atoms with Gasteiger partial charge in [0.1, 0.15) is 11.3 Å². The van der Waals surface area contributed by atoms with E-state index in [1.807, 2.05) is 49.6 Å². The molecule has 2 aliphatic rings. The van der Waals surface area contributed by atoms with E-state index in [0.717, 1.165) is 22.6 Å². The molecule has 0 saturated carbocycles. The van der Waals surface area contributed by atoms with Crippen LogP contribution in [0.3, 0.4) is 0 Å². The normalized spacial score (nSPS) is 16.1. The molecule has 0 unspecified atom stereocenters. The predicted molar refractivity (Wildman–Crippen MR) is 135 cm³/mol. The standard InChI is InChI=1S/C26H23N3O5S/c1-4-32-20-7-5-6-18(12-20)29-25(31)21(24(30)27-26(29)35)11-17-10-15(2)28(16(17)3)19-8-9-22-23(13-19)34-14-33-22/h5-13H,4,14H2,1-3H3,(H,27,30,35)/b21-11+. The molecule has 5 rings (SSSR count). The van der Waals surface area contributed by atoms with Crippen molar-refractivity contribution in [1.82, 2.24) is 9.88 Å². The quantitative estimate of drug-likeness (QED) is 0.331. The van der Waals surface area contributed by atoms with Gasteiger partial charge in [0, 0.05) is 29.2 Å². The van der Waals surface area contributed by atoms with E-state index in [-0.39, 0.29) is 17.5 Å². The van der Waals surface area contributed by atoms with Crippen LogP contribution in [0.25, 0.3) is 11.8 Å². The highest BCUT2D eigenvalue weighted by Gasteiger charge is 2.35. The molecule has 3 heterocycles. The van der Waals surface area contributed by atoms with Gasteiger partial charge in [0.25, 0.3) is 11.8 Å². The summed E-state index contributed by atoms with van der Waals surface area (Å²) >= 11 is 5.32. The fraction of sp³-hybridized carbons (Fsp3) is 0.192. The third-order valence-corrected chi connectivity index (χ3v) is 6.16. The first kappa shape index (κ1) is 22.7. The van der Waals surface area contributed by atoms with Crippen molar-refractivity contribution in [1.29, 1.82) is 0 Å². The third kappa shape index (κ3) is 4.04. The molecule has 178 valence electrons. The molecule has 3 aromatic rings. The Morgan fingerprint density at radius 3 is 2.66 bits per heavy atom. The lowest BCUT2D eigenvalue weighted by Gasteiger charge is -2.29. The molecule has 0 bridgehead atoms. The van der Waals surface area contributed by atoms with Crippen molar-refractivity contribution in [2.45, 2.75) is 20.8 Å². The minimum Gasteiger partial charge on any atom is -0.494 e. The first-order valence-corrected chi connectivity index (χ1v) is 11.5. The fourth-order valence-electron chi connectivity index (χ4n) is 4.28. The van der Waals surface area contributed by atoms with Gasteiger partial charge in [-0.05, 0) is 75.0 Å². The second-order valence-electron chi connectivity index (χ2n) is 8.09. The molecule has 1 saturated heterocycles. The molecule has 2 amide bonds. The van der Waals surface area contributed by atoms with Crippen LogP contribution in [0.15, 0.2) is 54.1 Å². The van der Waals surface area contributed by atoms with Crippen molar-refractivity contribution in [2.24, 2.45) is 0 Å². The fourth-order valence-corrected chi connectivity index (χ4v) is 4.56. The van der Waals surface area contributed by atoms with Crippen molar-refractivity contribution in [3.05, 3.63) is 71.1 Å². The molecular formula is C26H23N3O5S. The molecule has 9 heteroatoms. The van der Waals surface area contributed by atoms with Crippen LogP contribution in [0, 0.1) is 13.8 Å². The van der Waals surface area contributed by atoms with Gasteiger partial charge in [-0.15, -0.1) is 0 Å². The average molecular weight is 490 g/mol. The number of benzene rings is 2. The van der Waals surface area contributed by atoms with E-state index in [1.54, 1.807) is 30.3 Å². The van der Waals surface area contributed by atoms with E-state index >= 15 is 0 Å². The highest BCUT2D eigenvalue weighted by molar-refractivity contribution is 7.80. The Kier molecular flexibility index (Phi) is 5.78. The molecule has 0 aliphatic carbocycles. The Hall–Kier alpha value is -4.11. The summed E-state index contributed by atoms with van der Waals surface area (Å²) in [6, 6.07) is 14.7. The van der Waals surface area contributed by atoms with E-state index in [2.05, 4.69) is 5.32 Å². The number of carbonyl (C=O) groups is 2. The minimum absolute atomic E-state index is 0.00801. The van der Waals surface area contributed by atoms with Gasteiger partial charge >= 0.3 is 0 Å². The average Bonchev–Trinajstić information content (AvgIpc) is 3.40. The van der Waals surface area contributed by atoms with Gasteiger partial charge in [0.05, 0.1) is 12.3 Å². The van der Waals surface area contributed by atoms with Crippen LogP contribution in [-0.2, 0) is 9.59 Å². The smallest absolute Gasteiger partial charge is 0.270 e. The minimum atomic E-state index is -0.537. The van der Waals surface area contributed by atoms with Crippen molar-refractivity contribution in [3.63, 3.8) is 0 Å². The zero-order valence-electron chi connectivity index (χ0n) is 19.5. The van der Waals surface area contributed by atoms with Crippen LogP contribution in [-0.4, -0.2) is 34.9 Å². The number of thiocarbonyl (C=S) groups is 1. The molecule has 0 atom stereocenters. The summed E-state index contributed by atoms with van der Waals surface area (Å²) in [5.41, 5.74) is 3.95. The lowest BCUT2D eigenvalue weighted by Crippen LogP contribution is -2.54. The van der Waals surface area contributed by atoms with Gasteiger partial charge in [-0.1, -0.05) is 6.07 Å². The number of hydrogen-bond donors (Lipinski definition) is 1. The highest BCUT2D eigenvalue weighted by atomic mass is 32.1. The van der Waals surface area contributed by atoms with Gasteiger partial charge in [-0.2, -0.15) is 0 Å². The summed E-state index contributed by atoms with van der Waals surface area (Å²) in [7, 11) is 0. The summed E-state index contributed by atoms with van der Waals surface area (Å²) in [5.74, 6) is 0.948. The number of hydrogen-bond acceptors (Lipinski definition) is 6. The maximum absolute atomic E-state index is 13.5. The van der Waals surface area contributed by atoms with Crippen LogP contribution in [0.4, 0.5) is 5.69 Å². The highest BCUT2D eigenvalue weighted by Crippen LogP contribution is 2.35. The van der Waals surface area contributed by atoms with E-state index in [9.17, 15) is 9.59 Å². The Morgan fingerprint density at radius 2 is 1.86 bits per heavy atom. The van der Waals surface area contributed by atoms with Crippen LogP contribution in [0.1, 0.15) is 23.9 Å². The number of rotatable bonds is 5. The maximum atomic E-state index is 13.5. The molecule has 2 aliphatic heterocycles. The van der Waals surface area contributed by atoms with Gasteiger partial charge in [0.2, 0.25) is 6.79 Å². The summed E-state index contributed by atoms with van der Waals surface area (Å²) in [4.78, 5) is 27.6. The number of aryl methyl sites for hydroxylation is 1. The monoisotopic (exact) mass is 489 g/mol. The summed E-state index contributed by atoms with van der Waals surface area (Å²) in [6.45, 7) is 6.46. The van der Waals surface area contributed by atoms with Gasteiger partial charge in [-0.3, -0.25) is 19.8 Å². The number of carbonyl (C=O) groups excluding carboxylic acids is 2. The second kappa shape index (κ2) is 8.92. The summed E-state index contributed by atoms with van der Waals surface area (Å²) < 4.78 is 18.5. The van der Waals surface area contributed by atoms with E-state index in [0.29, 0.717) is 29.5 Å². The number of ether oxygens (including phenoxy) is 3. The Bertz CT molecular complexity index is 1410. The molecule has 0 spiro atoms. The second-order valence-corrected chi connectivity index (χ2v) is 8.47. The summed E-state index contributed by atoms with van der Waals surface area (Å²) in [5, 5.41) is 2.66. The van der Waals surface area contributed by atoms with Crippen LogP contribution in [0.2, 0.25) is 0 Å². The van der Waals surface area contributed by atoms with Crippen LogP contribution < -0.4 is 24.4 Å². The van der Waals surface area contributed by atoms with Gasteiger partial charge in [-0.25, -0.2) is 0 Å². The van der Waals surface area contributed by atoms with Crippen molar-refractivity contribution >= 4 is 40.9 Å². The first-order valence-electron chi connectivity index (χ1n) is 11.1. The van der Waals surface area contributed by atoms with Crippen molar-refractivity contribution in [2.75, 3.05) is 18.3 Å². The SMILES string of the molecule is CCOc1cccc(N2C(=O)/C(=C/c3cc(C)n(-c4ccc5c(c4)OCO5)c3C)C(=O)NC2=S)c1.